The molecule has 12 heteroatoms. The number of halogens is 1. The molecule has 304 valence electrons. The second-order valence-electron chi connectivity index (χ2n) is 15.8. The molecule has 4 aromatic carbocycles. The average molecular weight is 814 g/mol. The molecule has 0 radical (unpaired) electrons. The van der Waals surface area contributed by atoms with Gasteiger partial charge in [0.2, 0.25) is 0 Å². The number of aromatic hydroxyl groups is 1. The van der Waals surface area contributed by atoms with Crippen LogP contribution in [0, 0.1) is 0 Å². The lowest BCUT2D eigenvalue weighted by molar-refractivity contribution is 0.0193. The molecule has 2 aromatic heterocycles. The van der Waals surface area contributed by atoms with Crippen molar-refractivity contribution in [2.75, 3.05) is 51.0 Å². The van der Waals surface area contributed by atoms with Crippen LogP contribution < -0.4 is 14.4 Å². The molecule has 0 bridgehead atoms. The van der Waals surface area contributed by atoms with E-state index >= 15 is 9.59 Å². The molecule has 2 amide bonds. The molecule has 0 saturated carbocycles. The maximum absolute atomic E-state index is 15.3. The van der Waals surface area contributed by atoms with Crippen LogP contribution in [-0.4, -0.2) is 88.0 Å². The molecular formula is C47H48ClN5O6. The molecule has 1 fully saturated rings. The minimum absolute atomic E-state index is 0. The van der Waals surface area contributed by atoms with Crippen molar-refractivity contribution in [1.82, 2.24) is 18.9 Å². The SMILES string of the molecule is Cl.Cn1ccc2cc(N(C(=O)c3cc(-c4cc5c(cc4C(=O)N4Cc6ccccc6C[C@H]4CN4CCOCC4)OCCO5)n4c3CCCC4)c3ccc(O)cc3)ccc21. The van der Waals surface area contributed by atoms with Gasteiger partial charge in [0, 0.05) is 91.2 Å². The van der Waals surface area contributed by atoms with Gasteiger partial charge in [-0.05, 0) is 104 Å². The fourth-order valence-corrected chi connectivity index (χ4v) is 9.30. The van der Waals surface area contributed by atoms with E-state index in [0.717, 1.165) is 84.4 Å². The highest BCUT2D eigenvalue weighted by atomic mass is 35.5. The van der Waals surface area contributed by atoms with Crippen molar-refractivity contribution in [3.63, 3.8) is 0 Å². The number of anilines is 2. The number of phenolic OH excluding ortho intramolecular Hbond substituents is 1. The van der Waals surface area contributed by atoms with E-state index in [9.17, 15) is 5.11 Å². The number of carbonyl (C=O) groups excluding carboxylic acids is 2. The van der Waals surface area contributed by atoms with E-state index in [-0.39, 0.29) is 36.0 Å². The summed E-state index contributed by atoms with van der Waals surface area (Å²) in [6, 6.07) is 29.0. The van der Waals surface area contributed by atoms with Crippen LogP contribution in [0.1, 0.15) is 50.4 Å². The summed E-state index contributed by atoms with van der Waals surface area (Å²) in [5.41, 5.74) is 8.45. The van der Waals surface area contributed by atoms with Crippen molar-refractivity contribution < 1.29 is 28.9 Å². The Labute approximate surface area is 349 Å². The molecule has 1 N–H and O–H groups in total. The van der Waals surface area contributed by atoms with Crippen LogP contribution >= 0.6 is 12.4 Å². The molecule has 6 aromatic rings. The number of aromatic nitrogens is 2. The number of morpholine rings is 1. The number of amides is 2. The first-order valence-corrected chi connectivity index (χ1v) is 20.4. The van der Waals surface area contributed by atoms with Crippen molar-refractivity contribution in [2.24, 2.45) is 7.05 Å². The molecule has 0 unspecified atom stereocenters. The minimum atomic E-state index is -0.179. The number of benzene rings is 4. The fourth-order valence-electron chi connectivity index (χ4n) is 9.30. The van der Waals surface area contributed by atoms with Crippen LogP contribution in [0.15, 0.2) is 97.2 Å². The molecular weight excluding hydrogens is 766 g/mol. The van der Waals surface area contributed by atoms with E-state index in [1.54, 1.807) is 29.2 Å². The molecule has 4 aliphatic heterocycles. The first kappa shape index (κ1) is 38.8. The van der Waals surface area contributed by atoms with Crippen LogP contribution in [0.3, 0.4) is 0 Å². The van der Waals surface area contributed by atoms with Crippen LogP contribution in [-0.2, 0) is 37.7 Å². The fraction of sp³-hybridized carbons (Fsp3) is 0.319. The Morgan fingerprint density at radius 1 is 0.797 bits per heavy atom. The van der Waals surface area contributed by atoms with Gasteiger partial charge in [0.05, 0.1) is 24.3 Å². The summed E-state index contributed by atoms with van der Waals surface area (Å²) in [7, 11) is 2.01. The maximum Gasteiger partial charge on any atom is 0.264 e. The Hall–Kier alpha value is -5.75. The van der Waals surface area contributed by atoms with E-state index < -0.39 is 0 Å². The maximum atomic E-state index is 15.3. The predicted molar refractivity (Wildman–Crippen MR) is 230 cm³/mol. The normalized spacial score (nSPS) is 17.5. The predicted octanol–water partition coefficient (Wildman–Crippen LogP) is 7.76. The molecule has 59 heavy (non-hydrogen) atoms. The first-order valence-electron chi connectivity index (χ1n) is 20.4. The largest absolute Gasteiger partial charge is 0.508 e. The van der Waals surface area contributed by atoms with Gasteiger partial charge in [-0.25, -0.2) is 0 Å². The molecule has 11 nitrogen and oxygen atoms in total. The molecule has 0 aliphatic carbocycles. The topological polar surface area (TPSA) is 102 Å². The van der Waals surface area contributed by atoms with Gasteiger partial charge in [-0.2, -0.15) is 0 Å². The first-order chi connectivity index (χ1) is 28.4. The third kappa shape index (κ3) is 7.21. The lowest BCUT2D eigenvalue weighted by Gasteiger charge is -2.41. The highest BCUT2D eigenvalue weighted by Crippen LogP contribution is 2.42. The zero-order valence-corrected chi connectivity index (χ0v) is 34.0. The van der Waals surface area contributed by atoms with Crippen LogP contribution in [0.25, 0.3) is 22.2 Å². The highest BCUT2D eigenvalue weighted by Gasteiger charge is 2.36. The van der Waals surface area contributed by atoms with Crippen molar-refractivity contribution in [3.8, 4) is 28.5 Å². The van der Waals surface area contributed by atoms with Gasteiger partial charge in [-0.3, -0.25) is 19.4 Å². The standard InChI is InChI=1S/C47H47N5O6.ClH/c1-48-17-15-32-25-35(11-14-41(32)48)52(34-9-12-37(53)13-10-34)47(55)40-26-43(50-16-5-4-8-42(40)50)38-27-44-45(58-23-22-57-44)28-39(38)46(54)51-29-33-7-3-2-6-31(33)24-36(51)30-49-18-20-56-21-19-49;/h2-3,6-7,9-15,17,25-28,36,53H,4-5,8,16,18-24,29-30H2,1H3;1H/t36-;/m0./s1. The number of aryl methyl sites for hydroxylation is 1. The summed E-state index contributed by atoms with van der Waals surface area (Å²) in [4.78, 5) is 36.8. The highest BCUT2D eigenvalue weighted by molar-refractivity contribution is 6.13. The van der Waals surface area contributed by atoms with Gasteiger partial charge in [-0.1, -0.05) is 24.3 Å². The Morgan fingerprint density at radius 2 is 1.54 bits per heavy atom. The summed E-state index contributed by atoms with van der Waals surface area (Å²) in [5.74, 6) is 1.02. The average Bonchev–Trinajstić information content (AvgIpc) is 3.84. The molecule has 1 saturated heterocycles. The number of ether oxygens (including phenoxy) is 3. The van der Waals surface area contributed by atoms with Gasteiger partial charge >= 0.3 is 0 Å². The molecule has 1 atom stereocenters. The number of nitrogens with zero attached hydrogens (tertiary/aromatic N) is 5. The van der Waals surface area contributed by atoms with E-state index in [1.807, 2.05) is 66.7 Å². The third-order valence-electron chi connectivity index (χ3n) is 12.3. The summed E-state index contributed by atoms with van der Waals surface area (Å²) in [6.45, 7) is 5.83. The van der Waals surface area contributed by atoms with Crippen LogP contribution in [0.2, 0.25) is 0 Å². The summed E-state index contributed by atoms with van der Waals surface area (Å²) < 4.78 is 22.2. The smallest absolute Gasteiger partial charge is 0.264 e. The third-order valence-corrected chi connectivity index (χ3v) is 12.3. The van der Waals surface area contributed by atoms with Crippen molar-refractivity contribution >= 4 is 46.5 Å². The second-order valence-corrected chi connectivity index (χ2v) is 15.8. The number of rotatable bonds is 7. The van der Waals surface area contributed by atoms with E-state index in [1.165, 1.54) is 5.56 Å². The van der Waals surface area contributed by atoms with Gasteiger partial charge in [0.1, 0.15) is 19.0 Å². The van der Waals surface area contributed by atoms with Crippen molar-refractivity contribution in [1.29, 1.82) is 0 Å². The molecule has 6 heterocycles. The second kappa shape index (κ2) is 16.1. The van der Waals surface area contributed by atoms with Gasteiger partial charge < -0.3 is 33.4 Å². The molecule has 4 aliphatic rings. The monoisotopic (exact) mass is 813 g/mol. The van der Waals surface area contributed by atoms with Gasteiger partial charge in [-0.15, -0.1) is 12.4 Å². The van der Waals surface area contributed by atoms with Crippen LogP contribution in [0.5, 0.6) is 17.2 Å². The van der Waals surface area contributed by atoms with Gasteiger partial charge in [0.25, 0.3) is 11.8 Å². The van der Waals surface area contributed by atoms with Crippen molar-refractivity contribution in [2.45, 2.75) is 44.8 Å². The lowest BCUT2D eigenvalue weighted by atomic mass is 9.92. The Kier molecular flexibility index (Phi) is 10.6. The summed E-state index contributed by atoms with van der Waals surface area (Å²) in [5, 5.41) is 11.2. The summed E-state index contributed by atoms with van der Waals surface area (Å²) in [6.07, 6.45) is 5.40. The number of phenols is 1. The minimum Gasteiger partial charge on any atom is -0.508 e. The van der Waals surface area contributed by atoms with Gasteiger partial charge in [0.15, 0.2) is 11.5 Å². The van der Waals surface area contributed by atoms with Crippen molar-refractivity contribution in [3.05, 3.63) is 125 Å². The van der Waals surface area contributed by atoms with E-state index in [2.05, 4.69) is 32.2 Å². The number of carbonyl (C=O) groups is 2. The number of hydrogen-bond donors (Lipinski definition) is 1. The Bertz CT molecular complexity index is 2540. The Balaban J connectivity index is 0.00000449. The Morgan fingerprint density at radius 3 is 2.34 bits per heavy atom. The van der Waals surface area contributed by atoms with Crippen LogP contribution in [0.4, 0.5) is 11.4 Å². The zero-order chi connectivity index (χ0) is 39.3. The van der Waals surface area contributed by atoms with E-state index in [4.69, 9.17) is 14.2 Å². The zero-order valence-electron chi connectivity index (χ0n) is 33.1. The quantitative estimate of drug-likeness (QED) is 0.176. The summed E-state index contributed by atoms with van der Waals surface area (Å²) >= 11 is 0. The van der Waals surface area contributed by atoms with E-state index in [0.29, 0.717) is 67.8 Å². The molecule has 10 rings (SSSR count). The molecule has 0 spiro atoms. The number of fused-ring (bicyclic) bond motifs is 4. The lowest BCUT2D eigenvalue weighted by Crippen LogP contribution is -2.52. The number of hydrogen-bond acceptors (Lipinski definition) is 7.